The Bertz CT molecular complexity index is 945. The molecule has 2 heterocycles. The highest BCUT2D eigenvalue weighted by atomic mass is 35.5. The third kappa shape index (κ3) is 5.09. The van der Waals surface area contributed by atoms with Gasteiger partial charge in [0.15, 0.2) is 12.1 Å². The number of carbonyl (C=O) groups is 4. The first kappa shape index (κ1) is 24.5. The van der Waals surface area contributed by atoms with E-state index in [9.17, 15) is 19.2 Å². The normalized spacial score (nSPS) is 24.9. The van der Waals surface area contributed by atoms with Crippen molar-refractivity contribution in [3.05, 3.63) is 33.8 Å². The fraction of sp³-hybridized carbons (Fsp3) is 0.500. The van der Waals surface area contributed by atoms with E-state index in [0.29, 0.717) is 11.4 Å². The van der Waals surface area contributed by atoms with Gasteiger partial charge < -0.3 is 24.6 Å². The predicted molar refractivity (Wildman–Crippen MR) is 116 cm³/mol. The van der Waals surface area contributed by atoms with Crippen molar-refractivity contribution in [2.24, 2.45) is 5.92 Å². The number of benzene rings is 1. The summed E-state index contributed by atoms with van der Waals surface area (Å²) < 4.78 is 16.1. The van der Waals surface area contributed by atoms with E-state index >= 15 is 0 Å². The summed E-state index contributed by atoms with van der Waals surface area (Å²) in [6.07, 6.45) is -0.548. The summed E-state index contributed by atoms with van der Waals surface area (Å²) in [5.41, 5.74) is 0.162. The summed E-state index contributed by atoms with van der Waals surface area (Å²) in [4.78, 5) is 49.5. The maximum absolute atomic E-state index is 12.7. The molecule has 2 aliphatic heterocycles. The molecule has 0 saturated carbocycles. The number of fused-ring (bicyclic) bond motifs is 2. The van der Waals surface area contributed by atoms with Crippen molar-refractivity contribution in [3.8, 4) is 0 Å². The van der Waals surface area contributed by atoms with Gasteiger partial charge in [-0.3, -0.25) is 14.4 Å². The number of halogens is 2. The molecule has 0 radical (unpaired) electrons. The molecule has 3 N–H and O–H groups in total. The second-order valence-electron chi connectivity index (χ2n) is 8.51. The van der Waals surface area contributed by atoms with Crippen LogP contribution in [0.15, 0.2) is 18.2 Å². The van der Waals surface area contributed by atoms with E-state index in [2.05, 4.69) is 5.32 Å². The van der Waals surface area contributed by atoms with Crippen LogP contribution in [0, 0.1) is 5.92 Å². The molecule has 32 heavy (non-hydrogen) atoms. The van der Waals surface area contributed by atoms with Gasteiger partial charge in [-0.2, -0.15) is 0 Å². The fourth-order valence-electron chi connectivity index (χ4n) is 4.32. The van der Waals surface area contributed by atoms with Crippen LogP contribution in [0.5, 0.6) is 0 Å². The van der Waals surface area contributed by atoms with Gasteiger partial charge >= 0.3 is 12.7 Å². The van der Waals surface area contributed by atoms with E-state index in [1.165, 1.54) is 19.2 Å². The van der Waals surface area contributed by atoms with Crippen molar-refractivity contribution < 1.29 is 38.5 Å². The van der Waals surface area contributed by atoms with Gasteiger partial charge in [0, 0.05) is 5.02 Å². The number of Topliss-reactive ketones (excluding diaryl/α,β-unsaturated/α-hetero) is 1. The Morgan fingerprint density at radius 1 is 1.28 bits per heavy atom. The minimum absolute atomic E-state index is 0.00781. The Morgan fingerprint density at radius 3 is 2.66 bits per heavy atom. The van der Waals surface area contributed by atoms with E-state index in [0.717, 1.165) is 0 Å². The summed E-state index contributed by atoms with van der Waals surface area (Å²) in [5.74, 6) is -2.34. The molecule has 9 nitrogen and oxygen atoms in total. The molecular weight excluding hydrogens is 462 g/mol. The summed E-state index contributed by atoms with van der Waals surface area (Å²) in [5, 5.41) is 4.67. The molecule has 2 aliphatic rings. The van der Waals surface area contributed by atoms with Gasteiger partial charge in [0.1, 0.15) is 5.78 Å². The average Bonchev–Trinajstić information content (AvgIpc) is 3.28. The average molecular weight is 487 g/mol. The second kappa shape index (κ2) is 9.78. The van der Waals surface area contributed by atoms with Gasteiger partial charge in [-0.25, -0.2) is 4.79 Å². The first-order valence-electron chi connectivity index (χ1n) is 10.3. The summed E-state index contributed by atoms with van der Waals surface area (Å²) in [6.45, 7) is 1.39. The Kier molecular flexibility index (Phi) is 7.49. The van der Waals surface area contributed by atoms with Crippen molar-refractivity contribution in [1.82, 2.24) is 5.32 Å². The highest BCUT2D eigenvalue weighted by Gasteiger charge is 2.66. The molecule has 174 valence electrons. The number of amides is 1. The molecule has 2 fully saturated rings. The molecule has 12 heteroatoms. The van der Waals surface area contributed by atoms with Gasteiger partial charge in [-0.05, 0) is 36.4 Å². The van der Waals surface area contributed by atoms with E-state index in [1.54, 1.807) is 11.3 Å². The number of nitrogens with two attached hydrogens (primary N) is 1. The number of esters is 1. The summed E-state index contributed by atoms with van der Waals surface area (Å²) in [6, 6.07) is 3.60. The zero-order valence-electron chi connectivity index (χ0n) is 17.9. The van der Waals surface area contributed by atoms with Gasteiger partial charge in [0.2, 0.25) is 0 Å². The van der Waals surface area contributed by atoms with Crippen LogP contribution in [0.3, 0.4) is 0 Å². The topological polar surface area (TPSA) is 125 Å². The van der Waals surface area contributed by atoms with E-state index in [-0.39, 0.29) is 35.3 Å². The predicted octanol–water partition coefficient (Wildman–Crippen LogP) is 1.10. The molecule has 4 atom stereocenters. The van der Waals surface area contributed by atoms with Gasteiger partial charge in [0.25, 0.3) is 11.9 Å². The number of ether oxygens (including phenoxy) is 1. The summed E-state index contributed by atoms with van der Waals surface area (Å²) >= 11 is 11.9. The van der Waals surface area contributed by atoms with Crippen LogP contribution in [-0.2, 0) is 28.4 Å². The van der Waals surface area contributed by atoms with E-state index < -0.39 is 42.5 Å². The van der Waals surface area contributed by atoms with Gasteiger partial charge in [-0.1, -0.05) is 43.5 Å². The SMILES string of the molecule is COC(=O)[C@@H]1[NH2+][B-]2([C@@H](CC(=O)CNC(=O)c3cc(Cl)ccc3Cl)CC(C)C)OC(=O)[C@@H]1O2. The first-order chi connectivity index (χ1) is 15.1. The van der Waals surface area contributed by atoms with Crippen LogP contribution in [-0.4, -0.2) is 56.1 Å². The monoisotopic (exact) mass is 486 g/mol. The van der Waals surface area contributed by atoms with Gasteiger partial charge in [0.05, 0.1) is 24.2 Å². The summed E-state index contributed by atoms with van der Waals surface area (Å²) in [7, 11) is 1.23. The first-order valence-corrected chi connectivity index (χ1v) is 11.1. The zero-order valence-corrected chi connectivity index (χ0v) is 19.4. The number of hydrogen-bond acceptors (Lipinski definition) is 7. The van der Waals surface area contributed by atoms with Crippen molar-refractivity contribution in [3.63, 3.8) is 0 Å². The third-order valence-electron chi connectivity index (χ3n) is 5.71. The molecule has 1 unspecified atom stereocenters. The van der Waals surface area contributed by atoms with Crippen molar-refractivity contribution in [2.45, 2.75) is 44.7 Å². The lowest BCUT2D eigenvalue weighted by Crippen LogP contribution is -3.06. The highest BCUT2D eigenvalue weighted by molar-refractivity contribution is 6.64. The van der Waals surface area contributed by atoms with Gasteiger partial charge in [-0.15, -0.1) is 0 Å². The number of quaternary nitrogens is 1. The van der Waals surface area contributed by atoms with E-state index in [1.807, 2.05) is 13.8 Å². The Balaban J connectivity index is 1.69. The molecule has 1 amide bonds. The number of nitrogens with one attached hydrogen (secondary N) is 1. The van der Waals surface area contributed by atoms with Crippen LogP contribution in [0.25, 0.3) is 0 Å². The van der Waals surface area contributed by atoms with Crippen molar-refractivity contribution >= 4 is 53.5 Å². The van der Waals surface area contributed by atoms with E-state index in [4.69, 9.17) is 37.2 Å². The number of methoxy groups -OCH3 is 1. The number of carbonyl (C=O) groups excluding carboxylic acids is 4. The standard InChI is InChI=1S/C20H25BCl2N2O7/c1-10(2)6-11(21-25-16(19(28)30-3)17(31-21)20(29)32-21)7-13(26)9-24-18(27)14-8-12(22)4-5-15(14)23/h4-5,8,10-11,16-17H,6-7,9,25H2,1-3H3,(H,24,27)/t11-,16-,17-,21?/m1/s1. The minimum atomic E-state index is -2.29. The highest BCUT2D eigenvalue weighted by Crippen LogP contribution is 2.38. The van der Waals surface area contributed by atoms with Crippen LogP contribution >= 0.6 is 23.2 Å². The van der Waals surface area contributed by atoms with Crippen LogP contribution in [0.2, 0.25) is 15.9 Å². The Morgan fingerprint density at radius 2 is 2.00 bits per heavy atom. The Labute approximate surface area is 195 Å². The lowest BCUT2D eigenvalue weighted by molar-refractivity contribution is -0.569. The lowest BCUT2D eigenvalue weighted by atomic mass is 9.54. The largest absolute Gasteiger partial charge is 0.613 e. The number of hydrogen-bond donors (Lipinski definition) is 2. The van der Waals surface area contributed by atoms with Crippen molar-refractivity contribution in [2.75, 3.05) is 13.7 Å². The fourth-order valence-corrected chi connectivity index (χ4v) is 4.70. The molecule has 1 aromatic rings. The molecule has 1 aromatic carbocycles. The van der Waals surface area contributed by atoms with Crippen LogP contribution in [0.1, 0.15) is 37.0 Å². The number of rotatable bonds is 9. The molecular formula is C20H25BCl2N2O7. The third-order valence-corrected chi connectivity index (χ3v) is 6.27. The maximum atomic E-state index is 12.7. The minimum Gasteiger partial charge on any atom is -0.613 e. The molecule has 2 bridgehead atoms. The molecule has 3 rings (SSSR count). The second-order valence-corrected chi connectivity index (χ2v) is 9.35. The molecule has 0 aliphatic carbocycles. The van der Waals surface area contributed by atoms with Crippen molar-refractivity contribution in [1.29, 1.82) is 0 Å². The maximum Gasteiger partial charge on any atom is 0.529 e. The quantitative estimate of drug-likeness (QED) is 0.395. The van der Waals surface area contributed by atoms with Crippen LogP contribution < -0.4 is 10.5 Å². The molecule has 2 saturated heterocycles. The Hall–Kier alpha value is -2.14. The van der Waals surface area contributed by atoms with Crippen LogP contribution in [0.4, 0.5) is 0 Å². The lowest BCUT2D eigenvalue weighted by Gasteiger charge is -2.36. The smallest absolute Gasteiger partial charge is 0.529 e. The molecule has 0 spiro atoms. The number of ketones is 1. The zero-order chi connectivity index (χ0) is 23.6. The molecule has 0 aromatic heterocycles.